The van der Waals surface area contributed by atoms with Gasteiger partial charge in [0.25, 0.3) is 0 Å². The van der Waals surface area contributed by atoms with E-state index >= 15 is 0 Å². The van der Waals surface area contributed by atoms with Gasteiger partial charge in [0.2, 0.25) is 0 Å². The number of ether oxygens (including phenoxy) is 3. The Morgan fingerprint density at radius 3 is 1.98 bits per heavy atom. The Morgan fingerprint density at radius 2 is 1.40 bits per heavy atom. The molecule has 1 saturated carbocycles. The molecule has 7 heteroatoms. The van der Waals surface area contributed by atoms with Crippen molar-refractivity contribution < 1.29 is 14.2 Å². The van der Waals surface area contributed by atoms with Crippen LogP contribution >= 0.6 is 12.4 Å². The van der Waals surface area contributed by atoms with Crippen LogP contribution in [0.2, 0.25) is 0 Å². The van der Waals surface area contributed by atoms with Gasteiger partial charge in [-0.2, -0.15) is 0 Å². The average Bonchev–Trinajstić information content (AvgIpc) is 2.97. The van der Waals surface area contributed by atoms with Gasteiger partial charge in [-0.3, -0.25) is 4.90 Å². The Labute approximate surface area is 250 Å². The monoisotopic (exact) mass is 577 g/mol. The lowest BCUT2D eigenvalue weighted by molar-refractivity contribution is 0.0517. The number of rotatable bonds is 7. The minimum absolute atomic E-state index is 0. The smallest absolute Gasteiger partial charge is 0.144 e. The van der Waals surface area contributed by atoms with Crippen molar-refractivity contribution in [3.05, 3.63) is 17.7 Å². The highest BCUT2D eigenvalue weighted by Gasteiger charge is 2.33. The number of anilines is 2. The lowest BCUT2D eigenvalue weighted by atomic mass is 9.68. The molecule has 4 fully saturated rings. The van der Waals surface area contributed by atoms with Crippen LogP contribution in [0.15, 0.2) is 12.1 Å². The van der Waals surface area contributed by atoms with Crippen molar-refractivity contribution in [1.82, 2.24) is 4.90 Å². The van der Waals surface area contributed by atoms with Crippen molar-refractivity contribution in [2.24, 2.45) is 17.3 Å². The van der Waals surface area contributed by atoms with Crippen LogP contribution in [0.1, 0.15) is 83.6 Å². The summed E-state index contributed by atoms with van der Waals surface area (Å²) in [4.78, 5) is 7.93. The minimum Gasteiger partial charge on any atom is -0.495 e. The predicted octanol–water partition coefficient (Wildman–Crippen LogP) is 6.60. The molecule has 1 aromatic rings. The van der Waals surface area contributed by atoms with Crippen molar-refractivity contribution >= 4 is 23.8 Å². The van der Waals surface area contributed by atoms with Crippen molar-refractivity contribution in [3.8, 4) is 5.75 Å². The van der Waals surface area contributed by atoms with Crippen molar-refractivity contribution in [2.75, 3.05) is 83.0 Å². The Kier molecular flexibility index (Phi) is 11.3. The van der Waals surface area contributed by atoms with E-state index in [1.54, 1.807) is 5.56 Å². The predicted molar refractivity (Wildman–Crippen MR) is 169 cm³/mol. The van der Waals surface area contributed by atoms with E-state index in [0.717, 1.165) is 82.9 Å². The summed E-state index contributed by atoms with van der Waals surface area (Å²) in [7, 11) is 3.70. The van der Waals surface area contributed by atoms with Gasteiger partial charge in [0.05, 0.1) is 18.9 Å². The number of hydrogen-bond donors (Lipinski definition) is 0. The molecule has 5 rings (SSSR count). The van der Waals surface area contributed by atoms with Crippen molar-refractivity contribution in [2.45, 2.75) is 84.2 Å². The summed E-state index contributed by atoms with van der Waals surface area (Å²) in [6.07, 6.45) is 10.3. The molecular formula is C33H56ClN3O3. The standard InChI is InChI=1S/C33H55N3O3.ClH/c1-33(2,3)27-8-6-26(7-9-27)29-22-31(35-14-10-28(37-4)11-15-35)32(38-5)23-30(29)36-18-16-34(17-19-36)24-25-12-20-39-21-13-25;/h22-23,25-28H,6-21,24H2,1-5H3;1H. The van der Waals surface area contributed by atoms with Crippen LogP contribution in [0.5, 0.6) is 5.75 Å². The van der Waals surface area contributed by atoms with Crippen LogP contribution in [-0.4, -0.2) is 84.3 Å². The van der Waals surface area contributed by atoms with Gasteiger partial charge in [0.15, 0.2) is 0 Å². The molecule has 0 unspecified atom stereocenters. The topological polar surface area (TPSA) is 37.4 Å². The molecule has 0 bridgehead atoms. The summed E-state index contributed by atoms with van der Waals surface area (Å²) in [5.74, 6) is 3.31. The zero-order valence-corrected chi connectivity index (χ0v) is 26.8. The highest BCUT2D eigenvalue weighted by atomic mass is 35.5. The molecule has 0 amide bonds. The maximum Gasteiger partial charge on any atom is 0.144 e. The third kappa shape index (κ3) is 7.59. The van der Waals surface area contributed by atoms with Crippen LogP contribution < -0.4 is 14.5 Å². The number of benzene rings is 1. The van der Waals surface area contributed by atoms with Crippen LogP contribution in [-0.2, 0) is 9.47 Å². The second-order valence-corrected chi connectivity index (χ2v) is 13.8. The normalized spacial score (nSPS) is 26.0. The van der Waals surface area contributed by atoms with E-state index in [1.807, 2.05) is 14.2 Å². The molecular weight excluding hydrogens is 522 g/mol. The summed E-state index contributed by atoms with van der Waals surface area (Å²) in [6.45, 7) is 17.0. The molecule has 3 heterocycles. The Hall–Kier alpha value is -1.21. The van der Waals surface area contributed by atoms with Crippen molar-refractivity contribution in [3.63, 3.8) is 0 Å². The van der Waals surface area contributed by atoms with Crippen LogP contribution in [0.25, 0.3) is 0 Å². The van der Waals surface area contributed by atoms with Gasteiger partial charge < -0.3 is 24.0 Å². The van der Waals surface area contributed by atoms with E-state index in [9.17, 15) is 0 Å². The van der Waals surface area contributed by atoms with E-state index in [2.05, 4.69) is 47.6 Å². The van der Waals surface area contributed by atoms with E-state index < -0.39 is 0 Å². The fourth-order valence-corrected chi connectivity index (χ4v) is 7.65. The third-order valence-electron chi connectivity index (χ3n) is 10.4. The first-order chi connectivity index (χ1) is 18.9. The van der Waals surface area contributed by atoms with Gasteiger partial charge in [-0.25, -0.2) is 0 Å². The molecule has 228 valence electrons. The van der Waals surface area contributed by atoms with E-state index in [-0.39, 0.29) is 12.4 Å². The Morgan fingerprint density at radius 1 is 0.775 bits per heavy atom. The van der Waals surface area contributed by atoms with E-state index in [4.69, 9.17) is 14.2 Å². The number of piperidine rings is 1. The molecule has 1 aromatic carbocycles. The first-order valence-electron chi connectivity index (χ1n) is 15.9. The van der Waals surface area contributed by atoms with Gasteiger partial charge in [0.1, 0.15) is 5.75 Å². The lowest BCUT2D eigenvalue weighted by Gasteiger charge is -2.42. The molecule has 0 N–H and O–H groups in total. The fraction of sp³-hybridized carbons (Fsp3) is 0.818. The van der Waals surface area contributed by atoms with E-state index in [1.165, 1.54) is 56.4 Å². The molecule has 6 nitrogen and oxygen atoms in total. The number of piperazine rings is 1. The average molecular weight is 578 g/mol. The van der Waals surface area contributed by atoms with Gasteiger partial charge in [-0.05, 0) is 86.2 Å². The fourth-order valence-electron chi connectivity index (χ4n) is 7.65. The van der Waals surface area contributed by atoms with Crippen molar-refractivity contribution in [1.29, 1.82) is 0 Å². The summed E-state index contributed by atoms with van der Waals surface area (Å²) in [5.41, 5.74) is 4.71. The summed E-state index contributed by atoms with van der Waals surface area (Å²) in [5, 5.41) is 0. The summed E-state index contributed by atoms with van der Waals surface area (Å²) < 4.78 is 17.4. The quantitative estimate of drug-likeness (QED) is 0.363. The molecule has 0 radical (unpaired) electrons. The molecule has 3 saturated heterocycles. The first-order valence-corrected chi connectivity index (χ1v) is 15.9. The van der Waals surface area contributed by atoms with E-state index in [0.29, 0.717) is 17.4 Å². The number of hydrogen-bond acceptors (Lipinski definition) is 6. The van der Waals surface area contributed by atoms with Gasteiger partial charge >= 0.3 is 0 Å². The van der Waals surface area contributed by atoms with Crippen LogP contribution in [0, 0.1) is 17.3 Å². The largest absolute Gasteiger partial charge is 0.495 e. The number of halogens is 1. The Balaban J connectivity index is 0.00000370. The molecule has 3 aliphatic heterocycles. The molecule has 1 aliphatic carbocycles. The van der Waals surface area contributed by atoms with Gasteiger partial charge in [-0.1, -0.05) is 20.8 Å². The van der Waals surface area contributed by atoms with Crippen LogP contribution in [0.4, 0.5) is 11.4 Å². The van der Waals surface area contributed by atoms with Gasteiger partial charge in [0, 0.05) is 77.9 Å². The lowest BCUT2D eigenvalue weighted by Crippen LogP contribution is -2.48. The maximum absolute atomic E-state index is 6.09. The molecule has 0 spiro atoms. The summed E-state index contributed by atoms with van der Waals surface area (Å²) >= 11 is 0. The zero-order chi connectivity index (χ0) is 27.4. The maximum atomic E-state index is 6.09. The second-order valence-electron chi connectivity index (χ2n) is 13.8. The highest BCUT2D eigenvalue weighted by Crippen LogP contribution is 2.48. The Bertz CT molecular complexity index is 908. The molecule has 0 aromatic heterocycles. The molecule has 0 atom stereocenters. The second kappa shape index (κ2) is 14.3. The highest BCUT2D eigenvalue weighted by molar-refractivity contribution is 5.85. The molecule has 4 aliphatic rings. The molecule has 40 heavy (non-hydrogen) atoms. The SMILES string of the molecule is COc1cc(N2CCN(CC3CCOCC3)CC2)c(C2CCC(C(C)(C)C)CC2)cc1N1CCC(OC)CC1.Cl. The third-order valence-corrected chi connectivity index (χ3v) is 10.4. The minimum atomic E-state index is 0. The van der Waals surface area contributed by atoms with Crippen LogP contribution in [0.3, 0.4) is 0 Å². The zero-order valence-electron chi connectivity index (χ0n) is 26.0. The van der Waals surface area contributed by atoms with Gasteiger partial charge in [-0.15, -0.1) is 12.4 Å². The summed E-state index contributed by atoms with van der Waals surface area (Å²) in [6, 6.07) is 4.94. The number of nitrogens with zero attached hydrogens (tertiary/aromatic N) is 3. The first kappa shape index (κ1) is 31.7. The number of methoxy groups -OCH3 is 2.